The summed E-state index contributed by atoms with van der Waals surface area (Å²) in [4.78, 5) is 43.2. The zero-order valence-corrected chi connectivity index (χ0v) is 12.5. The standard InChI is InChI=1S/C13H12N6O4/c1-5-4-6-8(10(7(5)14)19(22)23)16-11-9(15-6)12(20)18(3)13(21)17(11)2/h4H,14H2,1-3H3. The first-order chi connectivity index (χ1) is 10.7. The van der Waals surface area contributed by atoms with Crippen molar-refractivity contribution in [3.63, 3.8) is 0 Å². The number of nitrogens with two attached hydrogens (primary N) is 1. The Morgan fingerprint density at radius 2 is 1.83 bits per heavy atom. The van der Waals surface area contributed by atoms with Gasteiger partial charge in [0, 0.05) is 14.1 Å². The van der Waals surface area contributed by atoms with Gasteiger partial charge in [-0.25, -0.2) is 14.8 Å². The van der Waals surface area contributed by atoms with Crippen LogP contribution in [0.1, 0.15) is 5.56 Å². The largest absolute Gasteiger partial charge is 0.393 e. The van der Waals surface area contributed by atoms with Crippen LogP contribution in [0.5, 0.6) is 0 Å². The van der Waals surface area contributed by atoms with Crippen LogP contribution in [0.15, 0.2) is 15.7 Å². The lowest BCUT2D eigenvalue weighted by Crippen LogP contribution is -2.37. The molecule has 2 aromatic heterocycles. The van der Waals surface area contributed by atoms with Crippen LogP contribution in [-0.2, 0) is 14.1 Å². The predicted octanol–water partition coefficient (Wildman–Crippen LogP) is -0.0208. The highest BCUT2D eigenvalue weighted by Crippen LogP contribution is 2.32. The van der Waals surface area contributed by atoms with Gasteiger partial charge in [-0.15, -0.1) is 0 Å². The number of nitro benzene ring substituents is 1. The maximum atomic E-state index is 12.2. The molecule has 0 radical (unpaired) electrons. The molecule has 0 amide bonds. The third-order valence-corrected chi connectivity index (χ3v) is 3.74. The highest BCUT2D eigenvalue weighted by Gasteiger charge is 2.23. The molecule has 0 fully saturated rings. The number of nitrogens with zero attached hydrogens (tertiary/aromatic N) is 5. The molecule has 0 spiro atoms. The van der Waals surface area contributed by atoms with Gasteiger partial charge < -0.3 is 5.73 Å². The summed E-state index contributed by atoms with van der Waals surface area (Å²) in [5, 5.41) is 11.3. The minimum Gasteiger partial charge on any atom is -0.393 e. The van der Waals surface area contributed by atoms with Crippen molar-refractivity contribution in [3.8, 4) is 0 Å². The molecule has 0 aliphatic rings. The SMILES string of the molecule is Cc1cc2nc3c(=O)n(C)c(=O)n(C)c3nc2c([N+](=O)[O-])c1N. The number of aryl methyl sites for hydroxylation is 2. The fourth-order valence-corrected chi connectivity index (χ4v) is 2.44. The molecule has 10 heteroatoms. The van der Waals surface area contributed by atoms with Gasteiger partial charge >= 0.3 is 11.4 Å². The average Bonchev–Trinajstić information content (AvgIpc) is 2.50. The van der Waals surface area contributed by atoms with Crippen LogP contribution < -0.4 is 17.0 Å². The Balaban J connectivity index is 2.67. The van der Waals surface area contributed by atoms with E-state index in [2.05, 4.69) is 9.97 Å². The van der Waals surface area contributed by atoms with Gasteiger partial charge in [0.1, 0.15) is 5.69 Å². The third kappa shape index (κ3) is 1.88. The van der Waals surface area contributed by atoms with Gasteiger partial charge in [0.25, 0.3) is 5.56 Å². The van der Waals surface area contributed by atoms with Crippen LogP contribution in [-0.4, -0.2) is 24.0 Å². The minimum absolute atomic E-state index is 0.0232. The highest BCUT2D eigenvalue weighted by atomic mass is 16.6. The van der Waals surface area contributed by atoms with Gasteiger partial charge in [-0.1, -0.05) is 0 Å². The first kappa shape index (κ1) is 14.6. The molecule has 2 N–H and O–H groups in total. The first-order valence-electron chi connectivity index (χ1n) is 6.55. The van der Waals surface area contributed by atoms with Crippen LogP contribution in [0.25, 0.3) is 22.2 Å². The minimum atomic E-state index is -0.648. The molecule has 118 valence electrons. The van der Waals surface area contributed by atoms with Crippen molar-refractivity contribution < 1.29 is 4.92 Å². The van der Waals surface area contributed by atoms with Gasteiger partial charge in [0.2, 0.25) is 0 Å². The number of nitrogen functional groups attached to an aromatic ring is 1. The van der Waals surface area contributed by atoms with Crippen LogP contribution >= 0.6 is 0 Å². The van der Waals surface area contributed by atoms with E-state index in [9.17, 15) is 19.7 Å². The Labute approximate surface area is 128 Å². The molecule has 2 heterocycles. The topological polar surface area (TPSA) is 139 Å². The van der Waals surface area contributed by atoms with Gasteiger partial charge in [0.05, 0.1) is 10.4 Å². The second-order valence-electron chi connectivity index (χ2n) is 5.18. The van der Waals surface area contributed by atoms with Gasteiger partial charge in [-0.2, -0.15) is 0 Å². The van der Waals surface area contributed by atoms with Crippen molar-refractivity contribution in [1.82, 2.24) is 19.1 Å². The monoisotopic (exact) mass is 316 g/mol. The zero-order chi connectivity index (χ0) is 17.0. The maximum absolute atomic E-state index is 12.2. The van der Waals surface area contributed by atoms with Gasteiger partial charge in [-0.3, -0.25) is 24.0 Å². The average molecular weight is 316 g/mol. The molecule has 23 heavy (non-hydrogen) atoms. The van der Waals surface area contributed by atoms with E-state index >= 15 is 0 Å². The molecule has 0 aliphatic carbocycles. The summed E-state index contributed by atoms with van der Waals surface area (Å²) >= 11 is 0. The molecule has 0 unspecified atom stereocenters. The summed E-state index contributed by atoms with van der Waals surface area (Å²) in [5.74, 6) is 0. The Morgan fingerprint density at radius 1 is 1.17 bits per heavy atom. The van der Waals surface area contributed by atoms with E-state index in [-0.39, 0.29) is 33.6 Å². The van der Waals surface area contributed by atoms with E-state index in [1.54, 1.807) is 6.92 Å². The van der Waals surface area contributed by atoms with E-state index in [4.69, 9.17) is 5.73 Å². The van der Waals surface area contributed by atoms with E-state index in [0.29, 0.717) is 5.56 Å². The highest BCUT2D eigenvalue weighted by molar-refractivity contribution is 5.95. The number of nitro groups is 1. The molecule has 3 aromatic rings. The van der Waals surface area contributed by atoms with E-state index in [0.717, 1.165) is 9.13 Å². The van der Waals surface area contributed by atoms with Crippen LogP contribution in [0.2, 0.25) is 0 Å². The smallest absolute Gasteiger partial charge is 0.332 e. The second kappa shape index (κ2) is 4.60. The lowest BCUT2D eigenvalue weighted by molar-refractivity contribution is -0.382. The quantitative estimate of drug-likeness (QED) is 0.288. The lowest BCUT2D eigenvalue weighted by Gasteiger charge is -2.09. The number of hydrogen-bond acceptors (Lipinski definition) is 7. The molecule has 0 saturated heterocycles. The number of anilines is 1. The summed E-state index contributed by atoms with van der Waals surface area (Å²) in [6.07, 6.45) is 0. The van der Waals surface area contributed by atoms with Crippen molar-refractivity contribution in [2.45, 2.75) is 6.92 Å². The molecule has 3 rings (SSSR count). The summed E-state index contributed by atoms with van der Waals surface area (Å²) in [6, 6.07) is 1.52. The Kier molecular flexibility index (Phi) is 2.92. The molecular weight excluding hydrogens is 304 g/mol. The maximum Gasteiger partial charge on any atom is 0.332 e. The normalized spacial score (nSPS) is 11.3. The zero-order valence-electron chi connectivity index (χ0n) is 12.5. The predicted molar refractivity (Wildman–Crippen MR) is 83.3 cm³/mol. The van der Waals surface area contributed by atoms with Crippen LogP contribution in [0, 0.1) is 17.0 Å². The number of aromatic nitrogens is 4. The van der Waals surface area contributed by atoms with Gasteiger partial charge in [-0.05, 0) is 18.6 Å². The number of benzene rings is 1. The summed E-state index contributed by atoms with van der Waals surface area (Å²) in [6.45, 7) is 1.60. The van der Waals surface area contributed by atoms with E-state index in [1.165, 1.54) is 20.2 Å². The lowest BCUT2D eigenvalue weighted by atomic mass is 10.1. The number of rotatable bonds is 1. The summed E-state index contributed by atoms with van der Waals surface area (Å²) < 4.78 is 2.02. The molecule has 0 saturated carbocycles. The molecule has 10 nitrogen and oxygen atoms in total. The van der Waals surface area contributed by atoms with Crippen molar-refractivity contribution in [3.05, 3.63) is 42.6 Å². The summed E-state index contributed by atoms with van der Waals surface area (Å²) in [5.41, 5.74) is 4.65. The number of fused-ring (bicyclic) bond motifs is 2. The first-order valence-corrected chi connectivity index (χ1v) is 6.55. The second-order valence-corrected chi connectivity index (χ2v) is 5.18. The molecule has 0 aliphatic heterocycles. The van der Waals surface area contributed by atoms with E-state index in [1.807, 2.05) is 0 Å². The number of hydrogen-bond donors (Lipinski definition) is 1. The fraction of sp³-hybridized carbons (Fsp3) is 0.231. The van der Waals surface area contributed by atoms with Crippen molar-refractivity contribution in [1.29, 1.82) is 0 Å². The summed E-state index contributed by atoms with van der Waals surface area (Å²) in [7, 11) is 2.74. The van der Waals surface area contributed by atoms with E-state index < -0.39 is 16.2 Å². The molecule has 0 bridgehead atoms. The van der Waals surface area contributed by atoms with Crippen LogP contribution in [0.4, 0.5) is 11.4 Å². The Morgan fingerprint density at radius 3 is 2.43 bits per heavy atom. The molecule has 0 atom stereocenters. The van der Waals surface area contributed by atoms with Gasteiger partial charge in [0.15, 0.2) is 16.7 Å². The molecule has 1 aromatic carbocycles. The Bertz CT molecular complexity index is 1130. The van der Waals surface area contributed by atoms with Crippen molar-refractivity contribution in [2.24, 2.45) is 14.1 Å². The molecular formula is C13H12N6O4. The Hall–Kier alpha value is -3.30. The fourth-order valence-electron chi connectivity index (χ4n) is 2.44. The van der Waals surface area contributed by atoms with Crippen molar-refractivity contribution >= 4 is 33.6 Å². The van der Waals surface area contributed by atoms with Crippen LogP contribution in [0.3, 0.4) is 0 Å². The third-order valence-electron chi connectivity index (χ3n) is 3.74. The van der Waals surface area contributed by atoms with Crippen molar-refractivity contribution in [2.75, 3.05) is 5.73 Å².